The first kappa shape index (κ1) is 19.1. The number of furan rings is 1. The van der Waals surface area contributed by atoms with Crippen LogP contribution in [0.3, 0.4) is 0 Å². The molecule has 0 aliphatic heterocycles. The molecule has 0 amide bonds. The number of H-pyrrole nitrogens is 1. The Morgan fingerprint density at radius 2 is 2.04 bits per heavy atom. The zero-order valence-corrected chi connectivity index (χ0v) is 16.2. The van der Waals surface area contributed by atoms with Crippen LogP contribution < -0.4 is 4.74 Å². The fraction of sp³-hybridized carbons (Fsp3) is 0.350. The van der Waals surface area contributed by atoms with E-state index in [0.717, 1.165) is 17.7 Å². The van der Waals surface area contributed by atoms with Crippen LogP contribution in [0.15, 0.2) is 52.2 Å². The van der Waals surface area contributed by atoms with Crippen LogP contribution in [0.1, 0.15) is 44.6 Å². The molecule has 1 N–H and O–H groups in total. The van der Waals surface area contributed by atoms with Crippen LogP contribution in [0.25, 0.3) is 11.6 Å². The minimum atomic E-state index is 0.395. The number of nitrogens with zero attached hydrogens (tertiary/aromatic N) is 3. The molecule has 3 aromatic rings. The van der Waals surface area contributed by atoms with Crippen molar-refractivity contribution in [1.29, 1.82) is 0 Å². The summed E-state index contributed by atoms with van der Waals surface area (Å²) in [6, 6.07) is 11.4. The Bertz CT molecular complexity index is 912. The van der Waals surface area contributed by atoms with E-state index in [1.807, 2.05) is 30.3 Å². The highest BCUT2D eigenvalue weighted by Crippen LogP contribution is 2.19. The number of rotatable bonds is 10. The van der Waals surface area contributed by atoms with Crippen LogP contribution in [0, 0.1) is 4.77 Å². The summed E-state index contributed by atoms with van der Waals surface area (Å²) in [5.74, 6) is 1.93. The molecule has 1 aromatic carbocycles. The first-order valence-corrected chi connectivity index (χ1v) is 9.68. The van der Waals surface area contributed by atoms with Crippen molar-refractivity contribution < 1.29 is 9.15 Å². The van der Waals surface area contributed by atoms with Crippen molar-refractivity contribution in [3.8, 4) is 17.3 Å². The van der Waals surface area contributed by atoms with E-state index in [2.05, 4.69) is 22.2 Å². The number of para-hydroxylation sites is 1. The average Bonchev–Trinajstić information content (AvgIpc) is 3.33. The Labute approximate surface area is 163 Å². The summed E-state index contributed by atoms with van der Waals surface area (Å²) in [5.41, 5.74) is 0.888. The van der Waals surface area contributed by atoms with Crippen molar-refractivity contribution >= 4 is 18.4 Å². The van der Waals surface area contributed by atoms with Gasteiger partial charge in [0, 0.05) is 5.56 Å². The summed E-state index contributed by atoms with van der Waals surface area (Å²) >= 11 is 5.27. The minimum absolute atomic E-state index is 0.395. The molecule has 0 fully saturated rings. The molecule has 7 heteroatoms. The Morgan fingerprint density at radius 3 is 2.85 bits per heavy atom. The van der Waals surface area contributed by atoms with Crippen molar-refractivity contribution in [1.82, 2.24) is 14.9 Å². The smallest absolute Gasteiger partial charge is 0.219 e. The zero-order valence-electron chi connectivity index (χ0n) is 15.4. The quantitative estimate of drug-likeness (QED) is 0.287. The lowest BCUT2D eigenvalue weighted by Crippen LogP contribution is -2.01. The maximum absolute atomic E-state index is 5.95. The molecule has 0 atom stereocenters. The lowest BCUT2D eigenvalue weighted by molar-refractivity contribution is 0.304. The fourth-order valence-corrected chi connectivity index (χ4v) is 2.87. The number of benzene rings is 1. The Kier molecular flexibility index (Phi) is 6.98. The van der Waals surface area contributed by atoms with E-state index in [1.54, 1.807) is 18.5 Å². The van der Waals surface area contributed by atoms with E-state index in [0.29, 0.717) is 23.0 Å². The summed E-state index contributed by atoms with van der Waals surface area (Å²) in [4.78, 5) is 0. The third-order valence-corrected chi connectivity index (χ3v) is 4.39. The number of hydrogen-bond acceptors (Lipinski definition) is 5. The van der Waals surface area contributed by atoms with Crippen molar-refractivity contribution in [3.63, 3.8) is 0 Å². The molecule has 142 valence electrons. The number of ether oxygens (including phenoxy) is 1. The zero-order chi connectivity index (χ0) is 18.9. The third-order valence-electron chi connectivity index (χ3n) is 4.13. The maximum Gasteiger partial charge on any atom is 0.219 e. The van der Waals surface area contributed by atoms with Gasteiger partial charge in [0.05, 0.1) is 19.1 Å². The number of nitrogens with one attached hydrogen (secondary N) is 1. The summed E-state index contributed by atoms with van der Waals surface area (Å²) in [5, 5.41) is 11.4. The Hall–Kier alpha value is -2.67. The van der Waals surface area contributed by atoms with E-state index in [9.17, 15) is 0 Å². The summed E-state index contributed by atoms with van der Waals surface area (Å²) in [7, 11) is 0. The predicted octanol–water partition coefficient (Wildman–Crippen LogP) is 5.43. The van der Waals surface area contributed by atoms with Crippen LogP contribution in [0.5, 0.6) is 5.75 Å². The molecule has 2 aromatic heterocycles. The number of aromatic nitrogens is 3. The number of aromatic amines is 1. The van der Waals surface area contributed by atoms with Crippen LogP contribution >= 0.6 is 12.2 Å². The standard InChI is InChI=1S/C20H24N4O2S/c1-2-3-4-5-8-13-25-17-11-7-6-10-16(17)15-21-24-19(22-23-20(24)27)18-12-9-14-26-18/h6-7,9-12,14-15H,2-5,8,13H2,1H3,(H,23,27)/b21-15-. The van der Waals surface area contributed by atoms with Gasteiger partial charge in [-0.05, 0) is 42.9 Å². The molecule has 0 aliphatic carbocycles. The first-order valence-electron chi connectivity index (χ1n) is 9.27. The molecule has 0 radical (unpaired) electrons. The average molecular weight is 385 g/mol. The van der Waals surface area contributed by atoms with Gasteiger partial charge in [0.15, 0.2) is 5.76 Å². The van der Waals surface area contributed by atoms with Gasteiger partial charge in [0.2, 0.25) is 10.6 Å². The van der Waals surface area contributed by atoms with E-state index in [4.69, 9.17) is 21.4 Å². The first-order chi connectivity index (χ1) is 13.3. The normalized spacial score (nSPS) is 11.3. The second-order valence-corrected chi connectivity index (χ2v) is 6.57. The highest BCUT2D eigenvalue weighted by molar-refractivity contribution is 7.71. The highest BCUT2D eigenvalue weighted by atomic mass is 32.1. The number of unbranched alkanes of at least 4 members (excludes halogenated alkanes) is 4. The highest BCUT2D eigenvalue weighted by Gasteiger charge is 2.10. The summed E-state index contributed by atoms with van der Waals surface area (Å²) < 4.78 is 13.3. The number of hydrogen-bond donors (Lipinski definition) is 1. The molecule has 6 nitrogen and oxygen atoms in total. The van der Waals surface area contributed by atoms with Crippen LogP contribution in [-0.4, -0.2) is 27.7 Å². The second kappa shape index (κ2) is 9.87. The topological polar surface area (TPSA) is 68.3 Å². The molecule has 0 bridgehead atoms. The van der Waals surface area contributed by atoms with Gasteiger partial charge in [-0.1, -0.05) is 44.7 Å². The lowest BCUT2D eigenvalue weighted by atomic mass is 10.2. The van der Waals surface area contributed by atoms with Crippen molar-refractivity contribution in [2.45, 2.75) is 39.0 Å². The molecular weight excluding hydrogens is 360 g/mol. The Morgan fingerprint density at radius 1 is 1.19 bits per heavy atom. The lowest BCUT2D eigenvalue weighted by Gasteiger charge is -2.08. The molecule has 0 aliphatic rings. The van der Waals surface area contributed by atoms with Crippen molar-refractivity contribution in [3.05, 3.63) is 53.0 Å². The van der Waals surface area contributed by atoms with Gasteiger partial charge < -0.3 is 9.15 Å². The van der Waals surface area contributed by atoms with Gasteiger partial charge in [0.1, 0.15) is 5.75 Å². The molecule has 0 saturated heterocycles. The SMILES string of the molecule is CCCCCCCOc1ccccc1/C=N\n1c(-c2ccco2)n[nH]c1=S. The maximum atomic E-state index is 5.95. The van der Waals surface area contributed by atoms with E-state index in [1.165, 1.54) is 30.4 Å². The van der Waals surface area contributed by atoms with Gasteiger partial charge in [-0.3, -0.25) is 0 Å². The Balaban J connectivity index is 1.70. The molecule has 0 unspecified atom stereocenters. The van der Waals surface area contributed by atoms with Gasteiger partial charge in [-0.25, -0.2) is 5.10 Å². The molecule has 27 heavy (non-hydrogen) atoms. The van der Waals surface area contributed by atoms with Gasteiger partial charge in [-0.15, -0.1) is 5.10 Å². The molecule has 3 rings (SSSR count). The van der Waals surface area contributed by atoms with Crippen LogP contribution in [0.2, 0.25) is 0 Å². The molecule has 0 spiro atoms. The van der Waals surface area contributed by atoms with E-state index >= 15 is 0 Å². The monoisotopic (exact) mass is 384 g/mol. The minimum Gasteiger partial charge on any atom is -0.493 e. The largest absolute Gasteiger partial charge is 0.493 e. The second-order valence-electron chi connectivity index (χ2n) is 6.19. The van der Waals surface area contributed by atoms with Crippen LogP contribution in [0.4, 0.5) is 0 Å². The molecule has 2 heterocycles. The summed E-state index contributed by atoms with van der Waals surface area (Å²) in [6.07, 6.45) is 9.36. The van der Waals surface area contributed by atoms with Gasteiger partial charge in [0.25, 0.3) is 0 Å². The van der Waals surface area contributed by atoms with E-state index in [-0.39, 0.29) is 0 Å². The third kappa shape index (κ3) is 5.17. The van der Waals surface area contributed by atoms with Gasteiger partial charge in [-0.2, -0.15) is 9.78 Å². The fourth-order valence-electron chi connectivity index (χ4n) is 2.69. The molecular formula is C20H24N4O2S. The predicted molar refractivity (Wildman–Crippen MR) is 109 cm³/mol. The molecule has 0 saturated carbocycles. The van der Waals surface area contributed by atoms with Crippen molar-refractivity contribution in [2.75, 3.05) is 6.61 Å². The van der Waals surface area contributed by atoms with Crippen LogP contribution in [-0.2, 0) is 0 Å². The van der Waals surface area contributed by atoms with E-state index < -0.39 is 0 Å². The summed E-state index contributed by atoms with van der Waals surface area (Å²) in [6.45, 7) is 2.92. The van der Waals surface area contributed by atoms with Crippen molar-refractivity contribution in [2.24, 2.45) is 5.10 Å². The van der Waals surface area contributed by atoms with Gasteiger partial charge >= 0.3 is 0 Å².